The first-order valence-corrected chi connectivity index (χ1v) is 29.8. The number of hydrogen-bond acceptors (Lipinski definition) is 5. The maximum absolute atomic E-state index is 5.47. The first-order valence-electron chi connectivity index (χ1n) is 29.1. The van der Waals surface area contributed by atoms with Gasteiger partial charge in [0.2, 0.25) is 12.7 Å². The second kappa shape index (κ2) is 22.7. The Morgan fingerprint density at radius 1 is 0.373 bits per heavy atom. The van der Waals surface area contributed by atoms with Crippen LogP contribution in [0.2, 0.25) is 0 Å². The van der Waals surface area contributed by atoms with E-state index >= 15 is 0 Å². The Hall–Kier alpha value is -9.68. The van der Waals surface area contributed by atoms with Crippen molar-refractivity contribution in [1.82, 2.24) is 37.0 Å². The zero-order chi connectivity index (χ0) is 55.6. The van der Waals surface area contributed by atoms with E-state index in [1.807, 2.05) is 12.1 Å². The van der Waals surface area contributed by atoms with Gasteiger partial charge in [-0.25, -0.2) is 28.2 Å². The molecule has 11 heteroatoms. The first kappa shape index (κ1) is 51.5. The number of nitrogens with zero attached hydrogens (tertiary/aromatic N) is 10. The highest BCUT2D eigenvalue weighted by atomic mass is 32.1. The second-order valence-corrected chi connectivity index (χ2v) is 22.5. The van der Waals surface area contributed by atoms with E-state index in [1.54, 1.807) is 0 Å². The fraction of sp³-hybridized carbons (Fsp3) is 0.194. The molecule has 0 atom stereocenters. The summed E-state index contributed by atoms with van der Waals surface area (Å²) in [5.41, 5.74) is 11.7. The number of imidazole rings is 4. The molecule has 0 spiro atoms. The number of fused-ring (bicyclic) bond motifs is 13. The molecule has 5 aromatic heterocycles. The smallest absolute Gasteiger partial charge is 0.243 e. The Labute approximate surface area is 486 Å². The lowest BCUT2D eigenvalue weighted by Crippen LogP contribution is -2.23. The zero-order valence-electron chi connectivity index (χ0n) is 46.8. The van der Waals surface area contributed by atoms with Crippen LogP contribution in [-0.4, -0.2) is 37.0 Å². The van der Waals surface area contributed by atoms with Crippen LogP contribution in [0.3, 0.4) is 0 Å². The molecular weight excluding hydrogens is 1040 g/mol. The van der Waals surface area contributed by atoms with E-state index < -0.39 is 0 Å². The lowest BCUT2D eigenvalue weighted by Gasteiger charge is -2.12. The minimum absolute atomic E-state index is 0.766. The van der Waals surface area contributed by atoms with E-state index in [1.165, 1.54) is 78.7 Å². The van der Waals surface area contributed by atoms with Gasteiger partial charge < -0.3 is 9.13 Å². The maximum atomic E-state index is 5.47. The predicted octanol–water partition coefficient (Wildman–Crippen LogP) is 14.9. The summed E-state index contributed by atoms with van der Waals surface area (Å²) in [6, 6.07) is 56.1. The van der Waals surface area contributed by atoms with E-state index in [4.69, 9.17) is 18.7 Å². The SMILES string of the molecule is C[n+]1ccn(CCCCCCn2c(-c3ccc(C#Cc4ccc(C#Cc5ccc(-c6nc7c8ccccc8c8ccccc8c7n6CCCCCCn6cc[n+](C)c6)cc5)c5nsnc45)cc3)nc3c4ccccc4c4ccccc4c32)c1. The average molecular weight is 1100 g/mol. The van der Waals surface area contributed by atoms with Crippen molar-refractivity contribution in [2.45, 2.75) is 77.5 Å². The third-order valence-corrected chi connectivity index (χ3v) is 16.9. The van der Waals surface area contributed by atoms with Crippen LogP contribution in [0.15, 0.2) is 195 Å². The number of aryl methyl sites for hydroxylation is 6. The predicted molar refractivity (Wildman–Crippen MR) is 338 cm³/mol. The summed E-state index contributed by atoms with van der Waals surface area (Å²) in [5.74, 6) is 15.7. The number of rotatable bonds is 16. The highest BCUT2D eigenvalue weighted by Gasteiger charge is 2.21. The van der Waals surface area contributed by atoms with E-state index in [2.05, 4.69) is 248 Å². The quantitative estimate of drug-likeness (QED) is 0.0418. The van der Waals surface area contributed by atoms with Gasteiger partial charge in [0, 0.05) is 56.9 Å². The van der Waals surface area contributed by atoms with Crippen LogP contribution in [0.1, 0.15) is 73.6 Å². The summed E-state index contributed by atoms with van der Waals surface area (Å²) in [7, 11) is 4.15. The lowest BCUT2D eigenvalue weighted by molar-refractivity contribution is -0.671. The largest absolute Gasteiger partial charge is 0.323 e. The third kappa shape index (κ3) is 10.2. The third-order valence-electron chi connectivity index (χ3n) is 16.4. The summed E-state index contributed by atoms with van der Waals surface area (Å²) in [4.78, 5) is 10.9. The van der Waals surface area contributed by atoms with Gasteiger partial charge in [-0.05, 0) is 96.5 Å². The van der Waals surface area contributed by atoms with Gasteiger partial charge in [0.25, 0.3) is 0 Å². The first-order chi connectivity index (χ1) is 41.0. The van der Waals surface area contributed by atoms with Gasteiger partial charge in [0.15, 0.2) is 0 Å². The van der Waals surface area contributed by atoms with Gasteiger partial charge in [-0.2, -0.15) is 8.75 Å². The molecule has 0 fully saturated rings. The van der Waals surface area contributed by atoms with Crippen molar-refractivity contribution in [3.8, 4) is 46.5 Å². The van der Waals surface area contributed by atoms with Crippen LogP contribution in [0.4, 0.5) is 0 Å². The zero-order valence-corrected chi connectivity index (χ0v) is 47.7. The van der Waals surface area contributed by atoms with Gasteiger partial charge in [-0.15, -0.1) is 0 Å². The molecule has 0 N–H and O–H groups in total. The Kier molecular flexibility index (Phi) is 14.1. The molecule has 0 aliphatic heterocycles. The summed E-state index contributed by atoms with van der Waals surface area (Å²) in [5, 5.41) is 9.81. The van der Waals surface area contributed by atoms with Crippen molar-refractivity contribution in [3.05, 3.63) is 217 Å². The van der Waals surface area contributed by atoms with Gasteiger partial charge in [-0.1, -0.05) is 158 Å². The molecule has 0 radical (unpaired) electrons. The molecule has 0 unspecified atom stereocenters. The van der Waals surface area contributed by atoms with Crippen molar-refractivity contribution in [2.75, 3.05) is 0 Å². The second-order valence-electron chi connectivity index (χ2n) is 22.0. The van der Waals surface area contributed by atoms with Crippen LogP contribution in [0.25, 0.3) is 99.0 Å². The average Bonchev–Trinajstić information content (AvgIpc) is 3.73. The monoisotopic (exact) mass is 1100 g/mol. The number of unbranched alkanes of at least 4 members (excludes halogenated alkanes) is 6. The molecule has 5 heterocycles. The molecule has 0 amide bonds. The van der Waals surface area contributed by atoms with Crippen LogP contribution in [0.5, 0.6) is 0 Å². The standard InChI is InChI=1S/C72H62N10S/c1-77-45-47-79(49-77)41-15-3-5-17-43-81-69-63-25-13-9-21-59(63)57-19-7-11-23-61(57)67(69)73-71(81)55-35-29-51(30-36-55)27-33-53-39-40-54(66-65(53)75-83-76-66)34-28-52-31-37-56(38-32-52)72-74-68-62-24-12-8-20-58(62)60-22-10-14-26-64(60)70(68)82(72)44-18-6-4-16-42-80-48-46-78(2)50-80/h7-14,19-26,29-32,35-40,45-50H,3-6,15-18,41-44H2,1-2H3/q+2. The highest BCUT2D eigenvalue weighted by Crippen LogP contribution is 2.40. The van der Waals surface area contributed by atoms with Crippen LogP contribution in [0, 0.1) is 23.7 Å². The molecule has 0 saturated carbocycles. The molecule has 10 nitrogen and oxygen atoms in total. The minimum atomic E-state index is 0.766. The van der Waals surface area contributed by atoms with Gasteiger partial charge in [0.05, 0.1) is 72.1 Å². The fourth-order valence-electron chi connectivity index (χ4n) is 12.3. The molecule has 9 aromatic carbocycles. The van der Waals surface area contributed by atoms with Crippen molar-refractivity contribution in [1.29, 1.82) is 0 Å². The van der Waals surface area contributed by atoms with Crippen LogP contribution >= 0.6 is 11.7 Å². The summed E-state index contributed by atoms with van der Waals surface area (Å²) in [6.45, 7) is 3.84. The molecule has 404 valence electrons. The molecule has 0 aliphatic carbocycles. The van der Waals surface area contributed by atoms with Gasteiger partial charge in [-0.3, -0.25) is 0 Å². The van der Waals surface area contributed by atoms with Crippen molar-refractivity contribution < 1.29 is 9.13 Å². The Morgan fingerprint density at radius 2 is 0.735 bits per heavy atom. The van der Waals surface area contributed by atoms with E-state index in [0.29, 0.717) is 0 Å². The minimum Gasteiger partial charge on any atom is -0.323 e. The Bertz CT molecular complexity index is 4550. The van der Waals surface area contributed by atoms with E-state index in [0.717, 1.165) is 132 Å². The lowest BCUT2D eigenvalue weighted by atomic mass is 10.00. The molecule has 0 bridgehead atoms. The topological polar surface area (TPSA) is 79.0 Å². The molecule has 83 heavy (non-hydrogen) atoms. The van der Waals surface area contributed by atoms with Crippen molar-refractivity contribution in [2.24, 2.45) is 14.1 Å². The summed E-state index contributed by atoms with van der Waals surface area (Å²) in [6.07, 6.45) is 21.9. The maximum Gasteiger partial charge on any atom is 0.243 e. The van der Waals surface area contributed by atoms with Crippen molar-refractivity contribution in [3.63, 3.8) is 0 Å². The highest BCUT2D eigenvalue weighted by molar-refractivity contribution is 7.00. The van der Waals surface area contributed by atoms with Crippen molar-refractivity contribution >= 4 is 87.9 Å². The molecule has 0 saturated heterocycles. The molecule has 14 rings (SSSR count). The van der Waals surface area contributed by atoms with E-state index in [-0.39, 0.29) is 0 Å². The molecular formula is C72H62N10S+2. The Morgan fingerprint density at radius 3 is 1.12 bits per heavy atom. The van der Waals surface area contributed by atoms with Crippen LogP contribution in [-0.2, 0) is 40.3 Å². The number of benzene rings is 9. The van der Waals surface area contributed by atoms with Gasteiger partial charge >= 0.3 is 0 Å². The summed E-state index contributed by atoms with van der Waals surface area (Å²) < 4.78 is 23.1. The van der Waals surface area contributed by atoms with Crippen LogP contribution < -0.4 is 9.13 Å². The summed E-state index contributed by atoms with van der Waals surface area (Å²) >= 11 is 1.19. The number of hydrogen-bond donors (Lipinski definition) is 0. The van der Waals surface area contributed by atoms with E-state index in [9.17, 15) is 0 Å². The molecule has 0 aliphatic rings. The molecule has 14 aromatic rings. The fourth-order valence-corrected chi connectivity index (χ4v) is 12.8. The normalized spacial score (nSPS) is 11.6. The Balaban J connectivity index is 0.709. The van der Waals surface area contributed by atoms with Gasteiger partial charge in [0.1, 0.15) is 47.5 Å². The number of aromatic nitrogens is 10.